The van der Waals surface area contributed by atoms with E-state index in [0.29, 0.717) is 0 Å². The quantitative estimate of drug-likeness (QED) is 0.645. The summed E-state index contributed by atoms with van der Waals surface area (Å²) in [6.07, 6.45) is 13.3. The Balaban J connectivity index is 0.000000722. The van der Waals surface area contributed by atoms with Crippen molar-refractivity contribution in [3.05, 3.63) is 42.5 Å². The average Bonchev–Trinajstić information content (AvgIpc) is 2.68. The minimum Gasteiger partial charge on any atom is -0.147 e. The fourth-order valence-electron chi connectivity index (χ4n) is 3.21. The zero-order valence-corrected chi connectivity index (χ0v) is 14.5. The van der Waals surface area contributed by atoms with E-state index in [2.05, 4.69) is 44.2 Å². The van der Waals surface area contributed by atoms with Gasteiger partial charge in [-0.25, -0.2) is 0 Å². The van der Waals surface area contributed by atoms with Crippen molar-refractivity contribution in [1.29, 1.82) is 0 Å². The third kappa shape index (κ3) is 2.58. The topological polar surface area (TPSA) is 0 Å². The van der Waals surface area contributed by atoms with Gasteiger partial charge in [-0.15, -0.1) is 24.8 Å². The van der Waals surface area contributed by atoms with E-state index in [1.54, 1.807) is 8.26 Å². The van der Waals surface area contributed by atoms with Crippen LogP contribution in [0.5, 0.6) is 0 Å². The van der Waals surface area contributed by atoms with Gasteiger partial charge in [-0.2, -0.15) is 0 Å². The maximum atomic E-state index is 2.52. The van der Waals surface area contributed by atoms with E-state index in [-0.39, 0.29) is 24.8 Å². The second kappa shape index (κ2) is 5.60. The minimum atomic E-state index is -1.88. The van der Waals surface area contributed by atoms with Crippen LogP contribution in [-0.4, -0.2) is 0 Å². The molecule has 0 N–H and O–H groups in total. The van der Waals surface area contributed by atoms with Crippen molar-refractivity contribution in [3.63, 3.8) is 0 Å². The Morgan fingerprint density at radius 1 is 1.24 bits per heavy atom. The zero-order chi connectivity index (χ0) is 10.5. The first-order valence-corrected chi connectivity index (χ1v) is 11.9. The summed E-state index contributed by atoms with van der Waals surface area (Å²) in [6.45, 7) is 4.65. The standard InChI is InChI=1S/C7H9.C5H5.C2H4.2ClH.Zr/c1-6-3-4-7(2)5-6;1-2-4-5-3-1;1-2;;;/h3,5,7H,1-2H3;1-3H,4H2;1-2H2;2*1H;. The van der Waals surface area contributed by atoms with Crippen molar-refractivity contribution in [1.82, 2.24) is 0 Å². The molecule has 3 heteroatoms. The molecule has 3 aliphatic rings. The number of hydrogen-bond donors (Lipinski definition) is 0. The van der Waals surface area contributed by atoms with Gasteiger partial charge in [0.05, 0.1) is 0 Å². The molecule has 1 saturated heterocycles. The molecule has 0 bridgehead atoms. The smallest absolute Gasteiger partial charge is 0.147 e. The number of rotatable bonds is 2. The van der Waals surface area contributed by atoms with Crippen LogP contribution in [0.1, 0.15) is 20.3 Å². The van der Waals surface area contributed by atoms with Gasteiger partial charge in [0.15, 0.2) is 0 Å². The van der Waals surface area contributed by atoms with Crippen molar-refractivity contribution in [3.8, 4) is 0 Å². The first-order chi connectivity index (χ1) is 7.22. The van der Waals surface area contributed by atoms with Crippen LogP contribution in [0.25, 0.3) is 0 Å². The molecule has 0 radical (unpaired) electrons. The molecular formula is C14H20Cl2Zr. The molecule has 0 aromatic carbocycles. The van der Waals surface area contributed by atoms with Crippen molar-refractivity contribution >= 4 is 24.8 Å². The molecule has 94 valence electrons. The second-order valence-corrected chi connectivity index (χ2v) is 16.0. The maximum Gasteiger partial charge on any atom is -0.147 e. The Morgan fingerprint density at radius 3 is 2.35 bits per heavy atom. The molecular weight excluding hydrogens is 330 g/mol. The van der Waals surface area contributed by atoms with Gasteiger partial charge in [-0.1, -0.05) is 0 Å². The largest absolute Gasteiger partial charge is 0.147 e. The molecule has 0 nitrogen and oxygen atoms in total. The van der Waals surface area contributed by atoms with Gasteiger partial charge in [-0.3, -0.25) is 0 Å². The summed E-state index contributed by atoms with van der Waals surface area (Å²) in [5, 5.41) is 0. The van der Waals surface area contributed by atoms with Gasteiger partial charge >= 0.3 is 97.2 Å². The van der Waals surface area contributed by atoms with Crippen LogP contribution in [0.15, 0.2) is 42.5 Å². The molecule has 0 aromatic heterocycles. The van der Waals surface area contributed by atoms with E-state index in [4.69, 9.17) is 0 Å². The number of halogens is 2. The normalized spacial score (nSPS) is 27.6. The molecule has 1 aliphatic heterocycles. The van der Waals surface area contributed by atoms with E-state index in [9.17, 15) is 0 Å². The van der Waals surface area contributed by atoms with Crippen LogP contribution in [0.4, 0.5) is 0 Å². The van der Waals surface area contributed by atoms with Crippen molar-refractivity contribution in [2.24, 2.45) is 5.92 Å². The monoisotopic (exact) mass is 348 g/mol. The Kier molecular flexibility index (Phi) is 5.10. The number of allylic oxidation sites excluding steroid dienone is 8. The summed E-state index contributed by atoms with van der Waals surface area (Å²) in [7, 11) is 0. The molecule has 0 saturated carbocycles. The molecule has 0 aromatic rings. The summed E-state index contributed by atoms with van der Waals surface area (Å²) in [6, 6.07) is 0. The SMILES string of the molecule is CC1=CC(C)[C]([Zr]2([C]3=CC=CC3)[CH2][CH2]2)=C1.Cl.Cl. The van der Waals surface area contributed by atoms with Crippen LogP contribution in [0, 0.1) is 5.92 Å². The molecule has 1 heterocycles. The molecule has 0 amide bonds. The van der Waals surface area contributed by atoms with Crippen LogP contribution >= 0.6 is 24.8 Å². The van der Waals surface area contributed by atoms with Gasteiger partial charge in [0, 0.05) is 0 Å². The first-order valence-electron chi connectivity index (χ1n) is 5.99. The third-order valence-corrected chi connectivity index (χ3v) is 15.9. The summed E-state index contributed by atoms with van der Waals surface area (Å²) in [5.74, 6) is 0.754. The van der Waals surface area contributed by atoms with E-state index in [1.807, 2.05) is 6.56 Å². The van der Waals surface area contributed by atoms with Gasteiger partial charge < -0.3 is 0 Å². The van der Waals surface area contributed by atoms with Crippen LogP contribution in [0.3, 0.4) is 0 Å². The fraction of sp³-hybridized carbons (Fsp3) is 0.429. The molecule has 0 spiro atoms. The predicted molar refractivity (Wildman–Crippen MR) is 77.0 cm³/mol. The fourth-order valence-corrected chi connectivity index (χ4v) is 17.2. The second-order valence-electron chi connectivity index (χ2n) is 5.21. The van der Waals surface area contributed by atoms with Crippen LogP contribution in [-0.2, 0) is 20.3 Å². The molecule has 1 atom stereocenters. The average molecular weight is 350 g/mol. The van der Waals surface area contributed by atoms with E-state index in [0.717, 1.165) is 5.92 Å². The first kappa shape index (κ1) is 15.5. The summed E-state index contributed by atoms with van der Waals surface area (Å²) < 4.78 is 6.92. The van der Waals surface area contributed by atoms with E-state index in [1.165, 1.54) is 12.0 Å². The third-order valence-electron chi connectivity index (χ3n) is 4.08. The van der Waals surface area contributed by atoms with E-state index >= 15 is 0 Å². The van der Waals surface area contributed by atoms with Crippen molar-refractivity contribution in [2.75, 3.05) is 0 Å². The molecule has 1 fully saturated rings. The Labute approximate surface area is 121 Å². The molecule has 3 rings (SSSR count). The summed E-state index contributed by atoms with van der Waals surface area (Å²) in [4.78, 5) is 0. The summed E-state index contributed by atoms with van der Waals surface area (Å²) >= 11 is -1.88. The van der Waals surface area contributed by atoms with Gasteiger partial charge in [-0.05, 0) is 0 Å². The van der Waals surface area contributed by atoms with E-state index < -0.39 is 20.3 Å². The number of hydrogen-bond acceptors (Lipinski definition) is 0. The van der Waals surface area contributed by atoms with Crippen LogP contribution in [0.2, 0.25) is 8.26 Å². The Hall–Kier alpha value is 0.423. The minimum absolute atomic E-state index is 0. The summed E-state index contributed by atoms with van der Waals surface area (Å²) in [5.41, 5.74) is 1.51. The van der Waals surface area contributed by atoms with Gasteiger partial charge in [0.2, 0.25) is 0 Å². The van der Waals surface area contributed by atoms with Gasteiger partial charge in [0.1, 0.15) is 0 Å². The molecule has 2 aliphatic carbocycles. The maximum absolute atomic E-state index is 2.52. The Morgan fingerprint density at radius 2 is 1.94 bits per heavy atom. The van der Waals surface area contributed by atoms with Crippen molar-refractivity contribution < 1.29 is 20.3 Å². The van der Waals surface area contributed by atoms with Crippen molar-refractivity contribution in [2.45, 2.75) is 28.5 Å². The Bertz CT molecular complexity index is 426. The zero-order valence-electron chi connectivity index (χ0n) is 10.4. The van der Waals surface area contributed by atoms with Crippen LogP contribution < -0.4 is 0 Å². The molecule has 1 unspecified atom stereocenters. The molecule has 17 heavy (non-hydrogen) atoms. The predicted octanol–water partition coefficient (Wildman–Crippen LogP) is 5.16. The van der Waals surface area contributed by atoms with Gasteiger partial charge in [0.25, 0.3) is 0 Å².